The van der Waals surface area contributed by atoms with E-state index in [9.17, 15) is 8.42 Å². The molecule has 142 valence electrons. The fourth-order valence-electron chi connectivity index (χ4n) is 3.05. The molecule has 1 saturated heterocycles. The van der Waals surface area contributed by atoms with E-state index in [0.717, 1.165) is 15.2 Å². The summed E-state index contributed by atoms with van der Waals surface area (Å²) in [6.07, 6.45) is 1.64. The molecule has 1 aliphatic rings. The molecule has 0 atom stereocenters. The molecule has 1 aliphatic heterocycles. The fourth-order valence-corrected chi connectivity index (χ4v) is 5.10. The predicted octanol–water partition coefficient (Wildman–Crippen LogP) is 1.81. The SMILES string of the molecule is CCS(=O)(=O)N1CCN(c2cnc(N)c(-c3nc4ccccc4s3)n2)CC1. The zero-order chi connectivity index (χ0) is 19.0. The van der Waals surface area contributed by atoms with Crippen LogP contribution in [-0.4, -0.2) is 59.6 Å². The Kier molecular flexibility index (Phi) is 4.70. The van der Waals surface area contributed by atoms with Crippen LogP contribution < -0.4 is 10.6 Å². The van der Waals surface area contributed by atoms with Crippen LogP contribution in [0.3, 0.4) is 0 Å². The predicted molar refractivity (Wildman–Crippen MR) is 108 cm³/mol. The summed E-state index contributed by atoms with van der Waals surface area (Å²) in [5.74, 6) is 1.15. The maximum atomic E-state index is 12.0. The molecule has 0 spiro atoms. The molecule has 3 heterocycles. The first kappa shape index (κ1) is 18.1. The number of thiazole rings is 1. The molecule has 2 aromatic heterocycles. The number of anilines is 2. The smallest absolute Gasteiger partial charge is 0.213 e. The largest absolute Gasteiger partial charge is 0.382 e. The van der Waals surface area contributed by atoms with Crippen LogP contribution in [-0.2, 0) is 10.0 Å². The highest BCUT2D eigenvalue weighted by molar-refractivity contribution is 7.89. The molecule has 3 aromatic rings. The molecule has 4 rings (SSSR count). The summed E-state index contributed by atoms with van der Waals surface area (Å²) >= 11 is 1.53. The number of benzene rings is 1. The maximum absolute atomic E-state index is 12.0. The zero-order valence-electron chi connectivity index (χ0n) is 14.9. The molecule has 8 nitrogen and oxygen atoms in total. The van der Waals surface area contributed by atoms with Gasteiger partial charge in [0.2, 0.25) is 10.0 Å². The molecular formula is C17H20N6O2S2. The van der Waals surface area contributed by atoms with Crippen molar-refractivity contribution in [3.8, 4) is 10.7 Å². The van der Waals surface area contributed by atoms with E-state index in [1.165, 1.54) is 15.6 Å². The van der Waals surface area contributed by atoms with Crippen molar-refractivity contribution in [2.24, 2.45) is 0 Å². The molecule has 0 bridgehead atoms. The highest BCUT2D eigenvalue weighted by atomic mass is 32.2. The lowest BCUT2D eigenvalue weighted by atomic mass is 10.3. The number of para-hydroxylation sites is 1. The van der Waals surface area contributed by atoms with E-state index in [4.69, 9.17) is 5.73 Å². The van der Waals surface area contributed by atoms with E-state index in [-0.39, 0.29) is 5.75 Å². The Balaban J connectivity index is 1.60. The van der Waals surface area contributed by atoms with E-state index in [1.54, 1.807) is 13.1 Å². The molecule has 0 saturated carbocycles. The lowest BCUT2D eigenvalue weighted by Gasteiger charge is -2.34. The first-order valence-electron chi connectivity index (χ1n) is 8.69. The quantitative estimate of drug-likeness (QED) is 0.707. The normalized spacial score (nSPS) is 16.1. The Morgan fingerprint density at radius 3 is 2.59 bits per heavy atom. The number of aromatic nitrogens is 3. The molecule has 0 radical (unpaired) electrons. The summed E-state index contributed by atoms with van der Waals surface area (Å²) in [7, 11) is -3.16. The van der Waals surface area contributed by atoms with Crippen LogP contribution in [0.5, 0.6) is 0 Å². The summed E-state index contributed by atoms with van der Waals surface area (Å²) in [6, 6.07) is 7.88. The van der Waals surface area contributed by atoms with Crippen LogP contribution in [0.25, 0.3) is 20.9 Å². The van der Waals surface area contributed by atoms with Crippen LogP contribution in [0.1, 0.15) is 6.92 Å². The number of piperazine rings is 1. The molecule has 0 unspecified atom stereocenters. The average molecular weight is 405 g/mol. The standard InChI is InChI=1S/C17H20N6O2S2/c1-2-27(24,25)23-9-7-22(8-10-23)14-11-19-16(18)15(21-14)17-20-12-5-3-4-6-13(12)26-17/h3-6,11H,2,7-10H2,1H3,(H2,18,19). The van der Waals surface area contributed by atoms with E-state index < -0.39 is 10.0 Å². The summed E-state index contributed by atoms with van der Waals surface area (Å²) in [5.41, 5.74) is 7.53. The van der Waals surface area contributed by atoms with Crippen molar-refractivity contribution in [3.05, 3.63) is 30.5 Å². The van der Waals surface area contributed by atoms with Gasteiger partial charge in [0.05, 0.1) is 22.2 Å². The third-order valence-electron chi connectivity index (χ3n) is 4.61. The van der Waals surface area contributed by atoms with Gasteiger partial charge in [0, 0.05) is 26.2 Å². The molecule has 2 N–H and O–H groups in total. The Bertz CT molecular complexity index is 1040. The van der Waals surface area contributed by atoms with Crippen LogP contribution >= 0.6 is 11.3 Å². The summed E-state index contributed by atoms with van der Waals surface area (Å²) < 4.78 is 26.6. The highest BCUT2D eigenvalue weighted by Gasteiger charge is 2.26. The van der Waals surface area contributed by atoms with Crippen LogP contribution in [0.4, 0.5) is 11.6 Å². The third kappa shape index (κ3) is 3.47. The first-order valence-corrected chi connectivity index (χ1v) is 11.1. The number of nitrogen functional groups attached to an aromatic ring is 1. The molecule has 1 aromatic carbocycles. The van der Waals surface area contributed by atoms with E-state index in [1.807, 2.05) is 29.2 Å². The van der Waals surface area contributed by atoms with E-state index in [2.05, 4.69) is 15.0 Å². The van der Waals surface area contributed by atoms with Gasteiger partial charge in [0.1, 0.15) is 16.5 Å². The number of hydrogen-bond donors (Lipinski definition) is 1. The Hall–Kier alpha value is -2.30. The second-order valence-electron chi connectivity index (χ2n) is 6.24. The summed E-state index contributed by atoms with van der Waals surface area (Å²) in [6.45, 7) is 3.68. The topological polar surface area (TPSA) is 105 Å². The van der Waals surface area contributed by atoms with Crippen molar-refractivity contribution in [2.75, 3.05) is 42.6 Å². The van der Waals surface area contributed by atoms with E-state index >= 15 is 0 Å². The van der Waals surface area contributed by atoms with Gasteiger partial charge in [-0.15, -0.1) is 11.3 Å². The second-order valence-corrected chi connectivity index (χ2v) is 9.52. The number of fused-ring (bicyclic) bond motifs is 1. The minimum Gasteiger partial charge on any atom is -0.382 e. The van der Waals surface area contributed by atoms with Crippen molar-refractivity contribution in [1.29, 1.82) is 0 Å². The zero-order valence-corrected chi connectivity index (χ0v) is 16.5. The monoisotopic (exact) mass is 404 g/mol. The number of sulfonamides is 1. The van der Waals surface area contributed by atoms with Crippen molar-refractivity contribution in [2.45, 2.75) is 6.92 Å². The average Bonchev–Trinajstić information content (AvgIpc) is 3.12. The molecular weight excluding hydrogens is 384 g/mol. The molecule has 10 heteroatoms. The van der Waals surface area contributed by atoms with Gasteiger partial charge in [-0.05, 0) is 19.1 Å². The maximum Gasteiger partial charge on any atom is 0.213 e. The molecule has 1 fully saturated rings. The number of nitrogens with zero attached hydrogens (tertiary/aromatic N) is 5. The first-order chi connectivity index (χ1) is 13.0. The minimum absolute atomic E-state index is 0.121. The Morgan fingerprint density at radius 1 is 1.15 bits per heavy atom. The highest BCUT2D eigenvalue weighted by Crippen LogP contribution is 2.32. The fraction of sp³-hybridized carbons (Fsp3) is 0.353. The van der Waals surface area contributed by atoms with Gasteiger partial charge in [-0.25, -0.2) is 23.4 Å². The van der Waals surface area contributed by atoms with Gasteiger partial charge in [-0.2, -0.15) is 4.31 Å². The Morgan fingerprint density at radius 2 is 1.89 bits per heavy atom. The van der Waals surface area contributed by atoms with Crippen LogP contribution in [0.2, 0.25) is 0 Å². The molecule has 27 heavy (non-hydrogen) atoms. The van der Waals surface area contributed by atoms with E-state index in [0.29, 0.717) is 43.5 Å². The van der Waals surface area contributed by atoms with Gasteiger partial charge >= 0.3 is 0 Å². The van der Waals surface area contributed by atoms with Crippen molar-refractivity contribution >= 4 is 43.2 Å². The molecule has 0 aliphatic carbocycles. The van der Waals surface area contributed by atoms with Crippen LogP contribution in [0, 0.1) is 0 Å². The lowest BCUT2D eigenvalue weighted by molar-refractivity contribution is 0.384. The number of nitrogens with two attached hydrogens (primary N) is 1. The van der Waals surface area contributed by atoms with Crippen molar-refractivity contribution < 1.29 is 8.42 Å². The minimum atomic E-state index is -3.16. The van der Waals surface area contributed by atoms with Gasteiger partial charge in [0.25, 0.3) is 0 Å². The van der Waals surface area contributed by atoms with Gasteiger partial charge in [0.15, 0.2) is 5.82 Å². The Labute approximate surface area is 161 Å². The summed E-state index contributed by atoms with van der Waals surface area (Å²) in [5, 5.41) is 0.732. The second kappa shape index (κ2) is 7.02. The number of hydrogen-bond acceptors (Lipinski definition) is 8. The number of rotatable bonds is 4. The molecule has 0 amide bonds. The van der Waals surface area contributed by atoms with Gasteiger partial charge in [-0.1, -0.05) is 12.1 Å². The summed E-state index contributed by atoms with van der Waals surface area (Å²) in [4.78, 5) is 15.6. The van der Waals surface area contributed by atoms with Gasteiger partial charge in [-0.3, -0.25) is 0 Å². The third-order valence-corrected chi connectivity index (χ3v) is 7.53. The van der Waals surface area contributed by atoms with Crippen molar-refractivity contribution in [1.82, 2.24) is 19.3 Å². The lowest BCUT2D eigenvalue weighted by Crippen LogP contribution is -2.49. The van der Waals surface area contributed by atoms with Crippen molar-refractivity contribution in [3.63, 3.8) is 0 Å². The van der Waals surface area contributed by atoms with Crippen LogP contribution in [0.15, 0.2) is 30.5 Å². The van der Waals surface area contributed by atoms with Gasteiger partial charge < -0.3 is 10.6 Å².